The first-order valence-corrected chi connectivity index (χ1v) is 11.7. The van der Waals surface area contributed by atoms with Crippen molar-refractivity contribution in [3.8, 4) is 6.07 Å². The molecule has 1 aliphatic rings. The molecule has 0 saturated carbocycles. The SMILES string of the molecule is C=CCN(Cc1ccc(C#N)cc1)C(=O)C1CCN(S(=O)(=O)c2ccc(C)cc2)CC1. The normalized spacial score (nSPS) is 15.2. The van der Waals surface area contributed by atoms with Crippen LogP contribution in [0.15, 0.2) is 66.1 Å². The molecular formula is C24H27N3O3S. The third-order valence-electron chi connectivity index (χ3n) is 5.58. The van der Waals surface area contributed by atoms with Gasteiger partial charge >= 0.3 is 0 Å². The zero-order chi connectivity index (χ0) is 22.4. The second-order valence-electron chi connectivity index (χ2n) is 7.81. The van der Waals surface area contributed by atoms with Gasteiger partial charge in [0.25, 0.3) is 0 Å². The molecule has 0 aromatic heterocycles. The van der Waals surface area contributed by atoms with Crippen LogP contribution in [0, 0.1) is 24.2 Å². The molecule has 0 unspecified atom stereocenters. The molecule has 1 amide bonds. The quantitative estimate of drug-likeness (QED) is 0.621. The highest BCUT2D eigenvalue weighted by Gasteiger charge is 2.33. The van der Waals surface area contributed by atoms with Crippen LogP contribution in [0.1, 0.15) is 29.5 Å². The molecule has 3 rings (SSSR count). The minimum Gasteiger partial charge on any atom is -0.334 e. The first kappa shape index (κ1) is 22.7. The molecule has 0 aliphatic carbocycles. The van der Waals surface area contributed by atoms with E-state index >= 15 is 0 Å². The fraction of sp³-hybridized carbons (Fsp3) is 0.333. The van der Waals surface area contributed by atoms with Gasteiger partial charge in [0.2, 0.25) is 15.9 Å². The summed E-state index contributed by atoms with van der Waals surface area (Å²) in [5.41, 5.74) is 2.52. The molecular weight excluding hydrogens is 410 g/mol. The lowest BCUT2D eigenvalue weighted by Gasteiger charge is -2.33. The van der Waals surface area contributed by atoms with Crippen LogP contribution in [-0.2, 0) is 21.4 Å². The van der Waals surface area contributed by atoms with Gasteiger partial charge in [-0.3, -0.25) is 4.79 Å². The molecule has 31 heavy (non-hydrogen) atoms. The molecule has 2 aromatic carbocycles. The number of aryl methyl sites for hydroxylation is 1. The smallest absolute Gasteiger partial charge is 0.243 e. The zero-order valence-corrected chi connectivity index (χ0v) is 18.5. The summed E-state index contributed by atoms with van der Waals surface area (Å²) in [6, 6.07) is 16.1. The molecule has 2 aromatic rings. The number of nitrogens with zero attached hydrogens (tertiary/aromatic N) is 3. The van der Waals surface area contributed by atoms with Gasteiger partial charge in [-0.15, -0.1) is 6.58 Å². The van der Waals surface area contributed by atoms with Crippen molar-refractivity contribution in [2.24, 2.45) is 5.92 Å². The van der Waals surface area contributed by atoms with Gasteiger partial charge in [0, 0.05) is 32.1 Å². The molecule has 0 spiro atoms. The van der Waals surface area contributed by atoms with Gasteiger partial charge in [0.05, 0.1) is 16.5 Å². The molecule has 1 saturated heterocycles. The molecule has 1 heterocycles. The molecule has 0 radical (unpaired) electrons. The lowest BCUT2D eigenvalue weighted by molar-refractivity contribution is -0.136. The number of carbonyl (C=O) groups is 1. The van der Waals surface area contributed by atoms with Gasteiger partial charge in [-0.2, -0.15) is 9.57 Å². The van der Waals surface area contributed by atoms with E-state index in [1.807, 2.05) is 19.1 Å². The summed E-state index contributed by atoms with van der Waals surface area (Å²) in [4.78, 5) is 15.2. The monoisotopic (exact) mass is 437 g/mol. The van der Waals surface area contributed by atoms with Crippen LogP contribution >= 0.6 is 0 Å². The van der Waals surface area contributed by atoms with Crippen LogP contribution in [0.2, 0.25) is 0 Å². The number of amides is 1. The van der Waals surface area contributed by atoms with E-state index in [0.29, 0.717) is 44.6 Å². The highest BCUT2D eigenvalue weighted by Crippen LogP contribution is 2.26. The second-order valence-corrected chi connectivity index (χ2v) is 9.75. The fourth-order valence-electron chi connectivity index (χ4n) is 3.75. The first-order chi connectivity index (χ1) is 14.8. The number of nitriles is 1. The molecule has 0 bridgehead atoms. The van der Waals surface area contributed by atoms with Gasteiger partial charge in [0.15, 0.2) is 0 Å². The lowest BCUT2D eigenvalue weighted by atomic mass is 9.96. The predicted molar refractivity (Wildman–Crippen MR) is 119 cm³/mol. The third kappa shape index (κ3) is 5.40. The molecule has 162 valence electrons. The summed E-state index contributed by atoms with van der Waals surface area (Å²) in [6.07, 6.45) is 2.68. The van der Waals surface area contributed by atoms with Crippen LogP contribution in [0.4, 0.5) is 0 Å². The van der Waals surface area contributed by atoms with Crippen molar-refractivity contribution in [1.82, 2.24) is 9.21 Å². The number of hydrogen-bond acceptors (Lipinski definition) is 4. The van der Waals surface area contributed by atoms with E-state index < -0.39 is 10.0 Å². The Bertz CT molecular complexity index is 1060. The Hall–Kier alpha value is -2.95. The van der Waals surface area contributed by atoms with Crippen LogP contribution in [0.25, 0.3) is 0 Å². The number of piperidine rings is 1. The lowest BCUT2D eigenvalue weighted by Crippen LogP contribution is -2.44. The van der Waals surface area contributed by atoms with E-state index in [2.05, 4.69) is 12.6 Å². The summed E-state index contributed by atoms with van der Waals surface area (Å²) in [5, 5.41) is 8.94. The highest BCUT2D eigenvalue weighted by molar-refractivity contribution is 7.89. The van der Waals surface area contributed by atoms with Crippen LogP contribution in [-0.4, -0.2) is 43.2 Å². The molecule has 1 fully saturated rings. The number of hydrogen-bond donors (Lipinski definition) is 0. The predicted octanol–water partition coefficient (Wildman–Crippen LogP) is 3.48. The van der Waals surface area contributed by atoms with E-state index in [1.165, 1.54) is 4.31 Å². The maximum absolute atomic E-state index is 13.1. The molecule has 0 N–H and O–H groups in total. The summed E-state index contributed by atoms with van der Waals surface area (Å²) in [7, 11) is -3.55. The number of sulfonamides is 1. The van der Waals surface area contributed by atoms with Crippen molar-refractivity contribution in [3.05, 3.63) is 77.9 Å². The van der Waals surface area contributed by atoms with Crippen molar-refractivity contribution in [2.45, 2.75) is 31.2 Å². The first-order valence-electron chi connectivity index (χ1n) is 10.3. The van der Waals surface area contributed by atoms with Gasteiger partial charge in [-0.05, 0) is 49.6 Å². The molecule has 1 aliphatic heterocycles. The molecule has 0 atom stereocenters. The van der Waals surface area contributed by atoms with Crippen LogP contribution in [0.5, 0.6) is 0 Å². The van der Waals surface area contributed by atoms with E-state index in [9.17, 15) is 13.2 Å². The van der Waals surface area contributed by atoms with Crippen LogP contribution in [0.3, 0.4) is 0 Å². The van der Waals surface area contributed by atoms with Crippen molar-refractivity contribution in [1.29, 1.82) is 5.26 Å². The minimum atomic E-state index is -3.55. The van der Waals surface area contributed by atoms with E-state index in [1.54, 1.807) is 47.4 Å². The Morgan fingerprint density at radius 1 is 1.16 bits per heavy atom. The summed E-state index contributed by atoms with van der Waals surface area (Å²) in [6.45, 7) is 7.17. The Labute approximate surface area is 184 Å². The Kier molecular flexibility index (Phi) is 7.26. The van der Waals surface area contributed by atoms with Gasteiger partial charge < -0.3 is 4.90 Å². The Balaban J connectivity index is 1.64. The number of carbonyl (C=O) groups excluding carboxylic acids is 1. The summed E-state index contributed by atoms with van der Waals surface area (Å²) < 4.78 is 27.3. The zero-order valence-electron chi connectivity index (χ0n) is 17.7. The van der Waals surface area contributed by atoms with Crippen molar-refractivity contribution in [2.75, 3.05) is 19.6 Å². The average Bonchev–Trinajstić information content (AvgIpc) is 2.79. The van der Waals surface area contributed by atoms with Crippen LogP contribution < -0.4 is 0 Å². The minimum absolute atomic E-state index is 0.0108. The largest absolute Gasteiger partial charge is 0.334 e. The van der Waals surface area contributed by atoms with E-state index in [0.717, 1.165) is 11.1 Å². The molecule has 7 heteroatoms. The summed E-state index contributed by atoms with van der Waals surface area (Å²) >= 11 is 0. The number of benzene rings is 2. The van der Waals surface area contributed by atoms with Crippen molar-refractivity contribution in [3.63, 3.8) is 0 Å². The Morgan fingerprint density at radius 3 is 2.32 bits per heavy atom. The average molecular weight is 438 g/mol. The van der Waals surface area contributed by atoms with Crippen molar-refractivity contribution >= 4 is 15.9 Å². The maximum Gasteiger partial charge on any atom is 0.243 e. The topological polar surface area (TPSA) is 81.5 Å². The highest BCUT2D eigenvalue weighted by atomic mass is 32.2. The van der Waals surface area contributed by atoms with Gasteiger partial charge in [-0.1, -0.05) is 35.9 Å². The van der Waals surface area contributed by atoms with E-state index in [-0.39, 0.29) is 16.7 Å². The fourth-order valence-corrected chi connectivity index (χ4v) is 5.22. The van der Waals surface area contributed by atoms with Crippen molar-refractivity contribution < 1.29 is 13.2 Å². The van der Waals surface area contributed by atoms with Gasteiger partial charge in [0.1, 0.15) is 0 Å². The van der Waals surface area contributed by atoms with E-state index in [4.69, 9.17) is 5.26 Å². The maximum atomic E-state index is 13.1. The summed E-state index contributed by atoms with van der Waals surface area (Å²) in [5.74, 6) is -0.209. The second kappa shape index (κ2) is 9.90. The Morgan fingerprint density at radius 2 is 1.77 bits per heavy atom. The number of rotatable bonds is 7. The standard InChI is InChI=1S/C24H27N3O3S/c1-3-14-26(18-21-8-6-20(17-25)7-9-21)24(28)22-12-15-27(16-13-22)31(29,30)23-10-4-19(2)5-11-23/h3-11,22H,1,12-16,18H2,2H3. The molecule has 6 nitrogen and oxygen atoms in total. The van der Waals surface area contributed by atoms with Gasteiger partial charge in [-0.25, -0.2) is 8.42 Å². The third-order valence-corrected chi connectivity index (χ3v) is 7.49.